The van der Waals surface area contributed by atoms with Crippen LogP contribution in [0.4, 0.5) is 5.69 Å². The van der Waals surface area contributed by atoms with Crippen LogP contribution in [0.1, 0.15) is 10.4 Å². The molecule has 0 aliphatic carbocycles. The summed E-state index contributed by atoms with van der Waals surface area (Å²) in [5.74, 6) is -1.33. The first-order valence-corrected chi connectivity index (χ1v) is 9.75. The molecule has 0 aliphatic heterocycles. The van der Waals surface area contributed by atoms with Crippen molar-refractivity contribution in [3.63, 3.8) is 0 Å². The van der Waals surface area contributed by atoms with Gasteiger partial charge in [0.05, 0.1) is 10.5 Å². The van der Waals surface area contributed by atoms with Gasteiger partial charge in [0.2, 0.25) is 10.0 Å². The maximum atomic E-state index is 12.0. The standard InChI is InChI=1S/C17H16Cl2N2O5S/c1-21(2)27(24,25)15-5-3-14(4-6-15)20-16(22)10-26-17(23)11-7-12(18)9-13(19)8-11/h3-9H,10H2,1-2H3,(H,20,22). The minimum atomic E-state index is -3.55. The summed E-state index contributed by atoms with van der Waals surface area (Å²) in [6.45, 7) is -0.527. The minimum absolute atomic E-state index is 0.0924. The van der Waals surface area contributed by atoms with Crippen LogP contribution >= 0.6 is 23.2 Å². The maximum Gasteiger partial charge on any atom is 0.338 e. The van der Waals surface area contributed by atoms with Gasteiger partial charge in [-0.15, -0.1) is 0 Å². The highest BCUT2D eigenvalue weighted by molar-refractivity contribution is 7.89. The number of nitrogens with one attached hydrogen (secondary N) is 1. The lowest BCUT2D eigenvalue weighted by atomic mass is 10.2. The van der Waals surface area contributed by atoms with E-state index < -0.39 is 28.5 Å². The van der Waals surface area contributed by atoms with Gasteiger partial charge in [-0.2, -0.15) is 0 Å². The van der Waals surface area contributed by atoms with E-state index in [2.05, 4.69) is 5.32 Å². The molecular weight excluding hydrogens is 415 g/mol. The van der Waals surface area contributed by atoms with Crippen LogP contribution in [0, 0.1) is 0 Å². The Morgan fingerprint density at radius 3 is 2.11 bits per heavy atom. The molecule has 0 aromatic heterocycles. The summed E-state index contributed by atoms with van der Waals surface area (Å²) in [4.78, 5) is 23.9. The third-order valence-electron chi connectivity index (χ3n) is 3.35. The molecular formula is C17H16Cl2N2O5S. The first kappa shape index (κ1) is 21.2. The molecule has 27 heavy (non-hydrogen) atoms. The van der Waals surface area contributed by atoms with E-state index in [1.807, 2.05) is 0 Å². The molecule has 1 N–H and O–H groups in total. The van der Waals surface area contributed by atoms with E-state index in [4.69, 9.17) is 27.9 Å². The third-order valence-corrected chi connectivity index (χ3v) is 5.62. The van der Waals surface area contributed by atoms with Gasteiger partial charge in [0.25, 0.3) is 5.91 Å². The van der Waals surface area contributed by atoms with Crippen LogP contribution < -0.4 is 5.32 Å². The summed E-state index contributed by atoms with van der Waals surface area (Å²) in [6, 6.07) is 9.82. The molecule has 0 spiro atoms. The summed E-state index contributed by atoms with van der Waals surface area (Å²) < 4.78 is 30.0. The average molecular weight is 431 g/mol. The Hall–Kier alpha value is -2.13. The Bertz CT molecular complexity index is 940. The van der Waals surface area contributed by atoms with Gasteiger partial charge in [-0.25, -0.2) is 17.5 Å². The van der Waals surface area contributed by atoms with Crippen molar-refractivity contribution < 1.29 is 22.7 Å². The number of carbonyl (C=O) groups excluding carboxylic acids is 2. The highest BCUT2D eigenvalue weighted by Gasteiger charge is 2.17. The first-order chi connectivity index (χ1) is 12.6. The molecule has 0 saturated heterocycles. The van der Waals surface area contributed by atoms with Crippen LogP contribution in [0.15, 0.2) is 47.4 Å². The highest BCUT2D eigenvalue weighted by Crippen LogP contribution is 2.20. The second-order valence-electron chi connectivity index (χ2n) is 5.59. The van der Waals surface area contributed by atoms with Crippen molar-refractivity contribution in [2.24, 2.45) is 0 Å². The number of ether oxygens (including phenoxy) is 1. The summed E-state index contributed by atoms with van der Waals surface area (Å²) >= 11 is 11.6. The largest absolute Gasteiger partial charge is 0.452 e. The molecule has 2 rings (SSSR count). The zero-order chi connectivity index (χ0) is 20.2. The van der Waals surface area contributed by atoms with E-state index in [0.29, 0.717) is 5.69 Å². The smallest absolute Gasteiger partial charge is 0.338 e. The molecule has 2 aromatic rings. The van der Waals surface area contributed by atoms with Crippen LogP contribution in [0.5, 0.6) is 0 Å². The quantitative estimate of drug-likeness (QED) is 0.710. The molecule has 2 aromatic carbocycles. The molecule has 1 amide bonds. The molecule has 10 heteroatoms. The van der Waals surface area contributed by atoms with E-state index in [0.717, 1.165) is 4.31 Å². The molecule has 0 heterocycles. The fourth-order valence-corrected chi connectivity index (χ4v) is 3.43. The van der Waals surface area contributed by atoms with Gasteiger partial charge >= 0.3 is 5.97 Å². The minimum Gasteiger partial charge on any atom is -0.452 e. The topological polar surface area (TPSA) is 92.8 Å². The molecule has 0 aliphatic rings. The SMILES string of the molecule is CN(C)S(=O)(=O)c1ccc(NC(=O)COC(=O)c2cc(Cl)cc(Cl)c2)cc1. The number of hydrogen-bond donors (Lipinski definition) is 1. The van der Waals surface area contributed by atoms with E-state index in [1.165, 1.54) is 56.6 Å². The highest BCUT2D eigenvalue weighted by atomic mass is 35.5. The van der Waals surface area contributed by atoms with Gasteiger partial charge < -0.3 is 10.1 Å². The van der Waals surface area contributed by atoms with Gasteiger partial charge in [0.1, 0.15) is 0 Å². The molecule has 144 valence electrons. The lowest BCUT2D eigenvalue weighted by Gasteiger charge is -2.12. The van der Waals surface area contributed by atoms with Gasteiger partial charge in [0, 0.05) is 29.8 Å². The van der Waals surface area contributed by atoms with Crippen LogP contribution in [-0.4, -0.2) is 45.3 Å². The molecule has 0 bridgehead atoms. The number of amides is 1. The van der Waals surface area contributed by atoms with Crippen molar-refractivity contribution in [3.05, 3.63) is 58.1 Å². The second kappa shape index (κ2) is 8.71. The number of halogens is 2. The fourth-order valence-electron chi connectivity index (χ4n) is 2.00. The number of anilines is 1. The van der Waals surface area contributed by atoms with Crippen LogP contribution in [0.3, 0.4) is 0 Å². The Morgan fingerprint density at radius 2 is 1.59 bits per heavy atom. The number of carbonyl (C=O) groups is 2. The summed E-state index contributed by atoms with van der Waals surface area (Å²) in [6.07, 6.45) is 0. The van der Waals surface area contributed by atoms with Crippen LogP contribution in [0.2, 0.25) is 10.0 Å². The lowest BCUT2D eigenvalue weighted by molar-refractivity contribution is -0.119. The van der Waals surface area contributed by atoms with E-state index in [1.54, 1.807) is 0 Å². The van der Waals surface area contributed by atoms with Gasteiger partial charge in [0.15, 0.2) is 6.61 Å². The lowest BCUT2D eigenvalue weighted by Crippen LogP contribution is -2.22. The Morgan fingerprint density at radius 1 is 1.04 bits per heavy atom. The maximum absolute atomic E-state index is 12.0. The molecule has 7 nitrogen and oxygen atoms in total. The Balaban J connectivity index is 1.95. The Kier molecular flexibility index (Phi) is 6.83. The van der Waals surface area contributed by atoms with Crippen LogP contribution in [0.25, 0.3) is 0 Å². The van der Waals surface area contributed by atoms with Crippen molar-refractivity contribution in [3.8, 4) is 0 Å². The number of hydrogen-bond acceptors (Lipinski definition) is 5. The predicted octanol–water partition coefficient (Wildman–Crippen LogP) is 3.04. The van der Waals surface area contributed by atoms with Crippen molar-refractivity contribution in [1.29, 1.82) is 0 Å². The fraction of sp³-hybridized carbons (Fsp3) is 0.176. The van der Waals surface area contributed by atoms with E-state index in [-0.39, 0.29) is 20.5 Å². The Labute approximate surface area is 166 Å². The molecule has 0 fully saturated rings. The third kappa shape index (κ3) is 5.67. The van der Waals surface area contributed by atoms with Crippen molar-refractivity contribution in [1.82, 2.24) is 4.31 Å². The number of sulfonamides is 1. The predicted molar refractivity (Wildman–Crippen MR) is 103 cm³/mol. The summed E-state index contributed by atoms with van der Waals surface area (Å²) in [7, 11) is -0.705. The molecule has 0 atom stereocenters. The van der Waals surface area contributed by atoms with Crippen molar-refractivity contribution in [2.45, 2.75) is 4.90 Å². The average Bonchev–Trinajstić information content (AvgIpc) is 2.59. The molecule has 0 radical (unpaired) electrons. The van der Waals surface area contributed by atoms with Crippen molar-refractivity contribution in [2.75, 3.05) is 26.0 Å². The number of esters is 1. The number of nitrogens with zero attached hydrogens (tertiary/aromatic N) is 1. The first-order valence-electron chi connectivity index (χ1n) is 7.55. The second-order valence-corrected chi connectivity index (χ2v) is 8.62. The van der Waals surface area contributed by atoms with Crippen LogP contribution in [-0.2, 0) is 19.6 Å². The summed E-state index contributed by atoms with van der Waals surface area (Å²) in [5, 5.41) is 3.04. The van der Waals surface area contributed by atoms with Crippen molar-refractivity contribution >= 4 is 50.8 Å². The van der Waals surface area contributed by atoms with Gasteiger partial charge in [-0.05, 0) is 42.5 Å². The summed E-state index contributed by atoms with van der Waals surface area (Å²) in [5.41, 5.74) is 0.484. The molecule has 0 unspecified atom stereocenters. The zero-order valence-corrected chi connectivity index (χ0v) is 16.7. The van der Waals surface area contributed by atoms with E-state index >= 15 is 0 Å². The number of benzene rings is 2. The molecule has 0 saturated carbocycles. The van der Waals surface area contributed by atoms with Gasteiger partial charge in [-0.3, -0.25) is 4.79 Å². The monoisotopic (exact) mass is 430 g/mol. The van der Waals surface area contributed by atoms with E-state index in [9.17, 15) is 18.0 Å². The van der Waals surface area contributed by atoms with Gasteiger partial charge in [-0.1, -0.05) is 23.2 Å². The normalized spacial score (nSPS) is 11.3. The zero-order valence-electron chi connectivity index (χ0n) is 14.4. The number of rotatable bonds is 6.